The van der Waals surface area contributed by atoms with Crippen LogP contribution in [0.4, 0.5) is 0 Å². The average Bonchev–Trinajstić information content (AvgIpc) is 2.78. The summed E-state index contributed by atoms with van der Waals surface area (Å²) >= 11 is 4.96. The van der Waals surface area contributed by atoms with Crippen LogP contribution in [-0.4, -0.2) is 16.9 Å². The Kier molecular flexibility index (Phi) is 2.72. The molecule has 0 aromatic heterocycles. The molecule has 78 valence electrons. The van der Waals surface area contributed by atoms with Crippen molar-refractivity contribution in [1.29, 1.82) is 0 Å². The van der Waals surface area contributed by atoms with Crippen LogP contribution in [0.1, 0.15) is 32.1 Å². The summed E-state index contributed by atoms with van der Waals surface area (Å²) in [7, 11) is 0. The van der Waals surface area contributed by atoms with Crippen molar-refractivity contribution in [2.75, 3.05) is 0 Å². The average molecular weight is 212 g/mol. The normalized spacial score (nSPS) is 23.7. The van der Waals surface area contributed by atoms with Crippen LogP contribution < -0.4 is 11.1 Å². The molecule has 4 heteroatoms. The van der Waals surface area contributed by atoms with E-state index >= 15 is 0 Å². The lowest BCUT2D eigenvalue weighted by Gasteiger charge is -2.27. The van der Waals surface area contributed by atoms with Gasteiger partial charge >= 0.3 is 0 Å². The summed E-state index contributed by atoms with van der Waals surface area (Å²) in [4.78, 5) is 12.1. The lowest BCUT2D eigenvalue weighted by Crippen LogP contribution is -2.48. The Morgan fingerprint density at radius 1 is 1.36 bits per heavy atom. The SMILES string of the molecule is NC(=S)C(NC(=O)C1CCC1)C1CC1. The summed E-state index contributed by atoms with van der Waals surface area (Å²) in [5, 5.41) is 2.98. The zero-order valence-corrected chi connectivity index (χ0v) is 8.98. The number of nitrogens with one attached hydrogen (secondary N) is 1. The van der Waals surface area contributed by atoms with E-state index < -0.39 is 0 Å². The lowest BCUT2D eigenvalue weighted by atomic mass is 9.84. The fourth-order valence-corrected chi connectivity index (χ4v) is 2.04. The number of carbonyl (C=O) groups is 1. The number of thiocarbonyl (C=S) groups is 1. The van der Waals surface area contributed by atoms with Crippen molar-refractivity contribution in [3.8, 4) is 0 Å². The molecule has 2 rings (SSSR count). The van der Waals surface area contributed by atoms with Gasteiger partial charge in [0, 0.05) is 5.92 Å². The Bertz CT molecular complexity index is 259. The maximum Gasteiger partial charge on any atom is 0.223 e. The number of amides is 1. The van der Waals surface area contributed by atoms with Gasteiger partial charge in [0.05, 0.1) is 11.0 Å². The van der Waals surface area contributed by atoms with Crippen LogP contribution >= 0.6 is 12.2 Å². The van der Waals surface area contributed by atoms with Gasteiger partial charge in [-0.15, -0.1) is 0 Å². The third-order valence-electron chi connectivity index (χ3n) is 3.17. The largest absolute Gasteiger partial charge is 0.392 e. The molecule has 2 fully saturated rings. The molecule has 2 saturated carbocycles. The molecule has 0 spiro atoms. The second-order valence-corrected chi connectivity index (χ2v) is 4.83. The Hall–Kier alpha value is -0.640. The van der Waals surface area contributed by atoms with Gasteiger partial charge in [0.15, 0.2) is 0 Å². The van der Waals surface area contributed by atoms with E-state index in [1.807, 2.05) is 0 Å². The highest BCUT2D eigenvalue weighted by molar-refractivity contribution is 7.80. The molecule has 3 N–H and O–H groups in total. The topological polar surface area (TPSA) is 55.1 Å². The molecule has 2 aliphatic carbocycles. The summed E-state index contributed by atoms with van der Waals surface area (Å²) in [6, 6.07) is -0.0434. The second-order valence-electron chi connectivity index (χ2n) is 4.35. The lowest BCUT2D eigenvalue weighted by molar-refractivity contribution is -0.127. The van der Waals surface area contributed by atoms with E-state index in [9.17, 15) is 4.79 Å². The van der Waals surface area contributed by atoms with Crippen molar-refractivity contribution in [3.05, 3.63) is 0 Å². The van der Waals surface area contributed by atoms with Crippen molar-refractivity contribution in [1.82, 2.24) is 5.32 Å². The van der Waals surface area contributed by atoms with Crippen LogP contribution in [0.15, 0.2) is 0 Å². The van der Waals surface area contributed by atoms with Crippen LogP contribution in [0, 0.1) is 11.8 Å². The fraction of sp³-hybridized carbons (Fsp3) is 0.800. The molecule has 2 aliphatic rings. The van der Waals surface area contributed by atoms with Crippen LogP contribution in [0.3, 0.4) is 0 Å². The van der Waals surface area contributed by atoms with Gasteiger partial charge in [0.1, 0.15) is 0 Å². The monoisotopic (exact) mass is 212 g/mol. The highest BCUT2D eigenvalue weighted by Gasteiger charge is 2.36. The van der Waals surface area contributed by atoms with Gasteiger partial charge in [0.2, 0.25) is 5.91 Å². The maximum absolute atomic E-state index is 11.6. The van der Waals surface area contributed by atoms with Gasteiger partial charge in [0.25, 0.3) is 0 Å². The molecule has 1 atom stereocenters. The second kappa shape index (κ2) is 3.85. The molecule has 3 nitrogen and oxygen atoms in total. The Labute approximate surface area is 89.4 Å². The van der Waals surface area contributed by atoms with Gasteiger partial charge in [-0.1, -0.05) is 18.6 Å². The highest BCUT2D eigenvalue weighted by atomic mass is 32.1. The van der Waals surface area contributed by atoms with Crippen LogP contribution in [0.2, 0.25) is 0 Å². The number of hydrogen-bond acceptors (Lipinski definition) is 2. The molecule has 0 aromatic rings. The zero-order valence-electron chi connectivity index (χ0n) is 8.16. The first-order valence-corrected chi connectivity index (χ1v) is 5.69. The van der Waals surface area contributed by atoms with Gasteiger partial charge in [-0.25, -0.2) is 0 Å². The van der Waals surface area contributed by atoms with E-state index in [0.717, 1.165) is 25.7 Å². The number of carbonyl (C=O) groups excluding carboxylic acids is 1. The number of hydrogen-bond donors (Lipinski definition) is 2. The van der Waals surface area contributed by atoms with Crippen LogP contribution in [0.25, 0.3) is 0 Å². The van der Waals surface area contributed by atoms with Crippen molar-refractivity contribution in [2.24, 2.45) is 17.6 Å². The summed E-state index contributed by atoms with van der Waals surface area (Å²) < 4.78 is 0. The Morgan fingerprint density at radius 3 is 2.36 bits per heavy atom. The fourth-order valence-electron chi connectivity index (χ4n) is 1.79. The van der Waals surface area contributed by atoms with Gasteiger partial charge in [-0.05, 0) is 31.6 Å². The van der Waals surface area contributed by atoms with Crippen molar-refractivity contribution >= 4 is 23.1 Å². The molecule has 1 amide bonds. The smallest absolute Gasteiger partial charge is 0.223 e. The first kappa shape index (κ1) is 9.90. The van der Waals surface area contributed by atoms with Gasteiger partial charge < -0.3 is 11.1 Å². The third kappa shape index (κ3) is 2.05. The van der Waals surface area contributed by atoms with Gasteiger partial charge in [-0.3, -0.25) is 4.79 Å². The quantitative estimate of drug-likeness (QED) is 0.683. The van der Waals surface area contributed by atoms with E-state index in [0.29, 0.717) is 10.9 Å². The van der Waals surface area contributed by atoms with Crippen molar-refractivity contribution in [2.45, 2.75) is 38.1 Å². The summed E-state index contributed by atoms with van der Waals surface area (Å²) in [6.45, 7) is 0. The zero-order chi connectivity index (χ0) is 10.1. The van der Waals surface area contributed by atoms with E-state index in [1.165, 1.54) is 6.42 Å². The van der Waals surface area contributed by atoms with Crippen molar-refractivity contribution in [3.63, 3.8) is 0 Å². The van der Waals surface area contributed by atoms with Gasteiger partial charge in [-0.2, -0.15) is 0 Å². The summed E-state index contributed by atoms with van der Waals surface area (Å²) in [6.07, 6.45) is 5.53. The minimum absolute atomic E-state index is 0.0434. The number of rotatable bonds is 4. The van der Waals surface area contributed by atoms with E-state index in [-0.39, 0.29) is 17.9 Å². The molecule has 0 heterocycles. The molecular formula is C10H16N2OS. The standard InChI is InChI=1S/C10H16N2OS/c11-9(14)8(6-4-5-6)12-10(13)7-2-1-3-7/h6-8H,1-5H2,(H2,11,14)(H,12,13). The predicted molar refractivity (Wildman–Crippen MR) is 58.8 cm³/mol. The van der Waals surface area contributed by atoms with E-state index in [1.54, 1.807) is 0 Å². The minimum atomic E-state index is -0.0434. The van der Waals surface area contributed by atoms with E-state index in [4.69, 9.17) is 18.0 Å². The van der Waals surface area contributed by atoms with Crippen LogP contribution in [-0.2, 0) is 4.79 Å². The van der Waals surface area contributed by atoms with Crippen molar-refractivity contribution < 1.29 is 4.79 Å². The van der Waals surface area contributed by atoms with E-state index in [2.05, 4.69) is 5.32 Å². The summed E-state index contributed by atoms with van der Waals surface area (Å²) in [5.41, 5.74) is 5.60. The number of nitrogens with two attached hydrogens (primary N) is 1. The Morgan fingerprint density at radius 2 is 2.00 bits per heavy atom. The maximum atomic E-state index is 11.6. The highest BCUT2D eigenvalue weighted by Crippen LogP contribution is 2.33. The third-order valence-corrected chi connectivity index (χ3v) is 3.43. The molecule has 0 saturated heterocycles. The molecule has 14 heavy (non-hydrogen) atoms. The molecule has 0 radical (unpaired) electrons. The molecule has 0 aliphatic heterocycles. The minimum Gasteiger partial charge on any atom is -0.392 e. The molecular weight excluding hydrogens is 196 g/mol. The van der Waals surface area contributed by atoms with Crippen LogP contribution in [0.5, 0.6) is 0 Å². The molecule has 1 unspecified atom stereocenters. The predicted octanol–water partition coefficient (Wildman–Crippen LogP) is 0.967. The molecule has 0 aromatic carbocycles. The summed E-state index contributed by atoms with van der Waals surface area (Å²) in [5.74, 6) is 0.892. The Balaban J connectivity index is 1.86. The first-order chi connectivity index (χ1) is 6.68. The first-order valence-electron chi connectivity index (χ1n) is 5.28. The molecule has 0 bridgehead atoms.